The van der Waals surface area contributed by atoms with Crippen LogP contribution >= 0.6 is 0 Å². The topological polar surface area (TPSA) is 180 Å². The van der Waals surface area contributed by atoms with Crippen LogP contribution in [0, 0.1) is 48.1 Å². The number of nitrogens with zero attached hydrogens (tertiary/aromatic N) is 4. The van der Waals surface area contributed by atoms with Crippen LogP contribution in [0.15, 0.2) is 0 Å². The van der Waals surface area contributed by atoms with Crippen molar-refractivity contribution in [2.45, 2.75) is 45.2 Å². The van der Waals surface area contributed by atoms with Crippen molar-refractivity contribution in [2.75, 3.05) is 19.8 Å². The molecule has 3 unspecified atom stereocenters. The van der Waals surface area contributed by atoms with Crippen molar-refractivity contribution in [1.82, 2.24) is 5.06 Å². The lowest BCUT2D eigenvalue weighted by atomic mass is 9.76. The van der Waals surface area contributed by atoms with Crippen LogP contribution in [0.3, 0.4) is 0 Å². The quantitative estimate of drug-likeness (QED) is 0.404. The SMILES string of the molecule is CC1(C)C(CO[N+](=O)[O-])CC(CO[N+](=O)[O-])C(CO[N+](=O)[O-])C(C)(C)N1[O]. The molecule has 1 aliphatic heterocycles. The molecule has 0 aromatic carbocycles. The minimum Gasteiger partial charge on any atom is -0.314 e. The molecule has 1 aliphatic rings. The van der Waals surface area contributed by atoms with Crippen LogP contribution < -0.4 is 0 Å². The third kappa shape index (κ3) is 5.50. The molecule has 14 heteroatoms. The summed E-state index contributed by atoms with van der Waals surface area (Å²) in [5.74, 6) is -2.23. The number of hydrogen-bond acceptors (Lipinski definition) is 10. The summed E-state index contributed by atoms with van der Waals surface area (Å²) in [6, 6.07) is 0. The molecular weight excluding hydrogens is 372 g/mol. The fourth-order valence-corrected chi connectivity index (χ4v) is 3.70. The highest BCUT2D eigenvalue weighted by Gasteiger charge is 2.53. The van der Waals surface area contributed by atoms with Crippen LogP contribution in [0.4, 0.5) is 0 Å². The van der Waals surface area contributed by atoms with Gasteiger partial charge in [-0.3, -0.25) is 0 Å². The smallest absolute Gasteiger partial charge is 0.294 e. The van der Waals surface area contributed by atoms with Gasteiger partial charge in [0.05, 0.1) is 6.61 Å². The molecule has 1 rings (SSSR count). The predicted molar refractivity (Wildman–Crippen MR) is 84.6 cm³/mol. The fourth-order valence-electron chi connectivity index (χ4n) is 3.70. The van der Waals surface area contributed by atoms with Gasteiger partial charge >= 0.3 is 0 Å². The maximum absolute atomic E-state index is 13.1. The van der Waals surface area contributed by atoms with Crippen LogP contribution in [0.2, 0.25) is 0 Å². The molecule has 155 valence electrons. The summed E-state index contributed by atoms with van der Waals surface area (Å²) in [5, 5.41) is 42.6. The average Bonchev–Trinajstić information content (AvgIpc) is 2.57. The Balaban J connectivity index is 3.26. The minimum atomic E-state index is -1.24. The Hall–Kier alpha value is -2.48. The third-order valence-electron chi connectivity index (χ3n) is 5.24. The first-order valence-corrected chi connectivity index (χ1v) is 8.09. The normalized spacial score (nSPS) is 27.2. The zero-order chi connectivity index (χ0) is 21.0. The molecule has 0 aromatic rings. The molecule has 1 radical (unpaired) electrons. The summed E-state index contributed by atoms with van der Waals surface area (Å²) in [4.78, 5) is 45.1. The highest BCUT2D eigenvalue weighted by atomic mass is 17.0. The van der Waals surface area contributed by atoms with Crippen LogP contribution in [0.25, 0.3) is 0 Å². The molecule has 0 saturated carbocycles. The van der Waals surface area contributed by atoms with Crippen molar-refractivity contribution in [3.63, 3.8) is 0 Å². The van der Waals surface area contributed by atoms with Crippen LogP contribution in [0.1, 0.15) is 34.1 Å². The monoisotopic (exact) mass is 395 g/mol. The van der Waals surface area contributed by atoms with Gasteiger partial charge in [0.15, 0.2) is 0 Å². The van der Waals surface area contributed by atoms with E-state index in [2.05, 4.69) is 14.5 Å². The van der Waals surface area contributed by atoms with E-state index in [9.17, 15) is 35.6 Å². The second kappa shape index (κ2) is 8.47. The maximum Gasteiger partial charge on any atom is 0.294 e. The second-order valence-electron chi connectivity index (χ2n) is 7.46. The Kier molecular flexibility index (Phi) is 7.08. The van der Waals surface area contributed by atoms with Gasteiger partial charge in [-0.1, -0.05) is 0 Å². The predicted octanol–water partition coefficient (Wildman–Crippen LogP) is 1.07. The molecule has 0 aliphatic carbocycles. The van der Waals surface area contributed by atoms with Crippen LogP contribution in [-0.4, -0.2) is 51.2 Å². The molecule has 0 amide bonds. The lowest BCUT2D eigenvalue weighted by Gasteiger charge is -2.46. The summed E-state index contributed by atoms with van der Waals surface area (Å²) >= 11 is 0. The molecule has 0 aromatic heterocycles. The van der Waals surface area contributed by atoms with Gasteiger partial charge in [-0.15, -0.1) is 40.6 Å². The van der Waals surface area contributed by atoms with Crippen LogP contribution in [0.5, 0.6) is 0 Å². The van der Waals surface area contributed by atoms with Gasteiger partial charge in [-0.05, 0) is 40.0 Å². The van der Waals surface area contributed by atoms with E-state index in [1.807, 2.05) is 0 Å². The summed E-state index contributed by atoms with van der Waals surface area (Å²) in [7, 11) is 0. The minimum absolute atomic E-state index is 0.0720. The van der Waals surface area contributed by atoms with Gasteiger partial charge in [0.2, 0.25) is 0 Å². The van der Waals surface area contributed by atoms with E-state index in [0.29, 0.717) is 5.06 Å². The first-order chi connectivity index (χ1) is 12.3. The van der Waals surface area contributed by atoms with Crippen molar-refractivity contribution in [3.8, 4) is 0 Å². The van der Waals surface area contributed by atoms with Crippen molar-refractivity contribution in [1.29, 1.82) is 0 Å². The van der Waals surface area contributed by atoms with Gasteiger partial charge in [-0.25, -0.2) is 0 Å². The largest absolute Gasteiger partial charge is 0.314 e. The summed E-state index contributed by atoms with van der Waals surface area (Å²) < 4.78 is 0. The van der Waals surface area contributed by atoms with Gasteiger partial charge in [0, 0.05) is 22.9 Å². The van der Waals surface area contributed by atoms with Crippen molar-refractivity contribution in [3.05, 3.63) is 30.3 Å². The third-order valence-corrected chi connectivity index (χ3v) is 5.24. The first-order valence-electron chi connectivity index (χ1n) is 8.09. The molecule has 27 heavy (non-hydrogen) atoms. The summed E-state index contributed by atoms with van der Waals surface area (Å²) in [5.41, 5.74) is -2.40. The molecule has 0 spiro atoms. The molecule has 0 N–H and O–H groups in total. The van der Waals surface area contributed by atoms with Crippen LogP contribution in [-0.2, 0) is 19.7 Å². The van der Waals surface area contributed by atoms with Crippen molar-refractivity contribution < 1.29 is 35.0 Å². The van der Waals surface area contributed by atoms with Gasteiger partial charge < -0.3 is 14.5 Å². The van der Waals surface area contributed by atoms with E-state index in [4.69, 9.17) is 0 Å². The lowest BCUT2D eigenvalue weighted by Crippen LogP contribution is -2.58. The molecule has 1 fully saturated rings. The van der Waals surface area contributed by atoms with Crippen molar-refractivity contribution in [2.24, 2.45) is 17.8 Å². The fraction of sp³-hybridized carbons (Fsp3) is 1.00. The zero-order valence-electron chi connectivity index (χ0n) is 15.4. The second-order valence-corrected chi connectivity index (χ2v) is 7.46. The van der Waals surface area contributed by atoms with Gasteiger partial charge in [-0.2, -0.15) is 0 Å². The lowest BCUT2D eigenvalue weighted by molar-refractivity contribution is -0.764. The molecule has 3 atom stereocenters. The number of rotatable bonds is 9. The summed E-state index contributed by atoms with van der Waals surface area (Å²) in [6.07, 6.45) is 0.0720. The Morgan fingerprint density at radius 3 is 1.78 bits per heavy atom. The molecular formula is C13H23N4O10. The van der Waals surface area contributed by atoms with E-state index < -0.39 is 63.9 Å². The number of hydrogen-bond donors (Lipinski definition) is 0. The highest BCUT2D eigenvalue weighted by Crippen LogP contribution is 2.45. The molecule has 1 saturated heterocycles. The number of hydroxylamine groups is 2. The standard InChI is InChI=1S/C13H23N4O10/c1-12(2)10(7-26-16(21)22)5-9(6-25-15(19)20)11(8-27-17(23)24)13(3,4)14(12)18/h9-11H,5-8H2,1-4H3. The average molecular weight is 395 g/mol. The molecule has 0 bridgehead atoms. The Labute approximate surface area is 154 Å². The zero-order valence-corrected chi connectivity index (χ0v) is 15.4. The van der Waals surface area contributed by atoms with Crippen molar-refractivity contribution >= 4 is 0 Å². The molecule has 14 nitrogen and oxygen atoms in total. The Bertz CT molecular complexity index is 569. The van der Waals surface area contributed by atoms with E-state index in [1.165, 1.54) is 13.8 Å². The van der Waals surface area contributed by atoms with E-state index in [1.54, 1.807) is 13.8 Å². The van der Waals surface area contributed by atoms with E-state index >= 15 is 0 Å². The highest BCUT2D eigenvalue weighted by molar-refractivity contribution is 5.01. The molecule has 1 heterocycles. The summed E-state index contributed by atoms with van der Waals surface area (Å²) in [6.45, 7) is 4.87. The van der Waals surface area contributed by atoms with E-state index in [-0.39, 0.29) is 6.42 Å². The first kappa shape index (κ1) is 22.6. The van der Waals surface area contributed by atoms with E-state index in [0.717, 1.165) is 0 Å². The van der Waals surface area contributed by atoms with Gasteiger partial charge in [0.25, 0.3) is 15.3 Å². The van der Waals surface area contributed by atoms with Gasteiger partial charge in [0.1, 0.15) is 13.2 Å². The Morgan fingerprint density at radius 2 is 1.30 bits per heavy atom. The Morgan fingerprint density at radius 1 is 0.852 bits per heavy atom. The maximum atomic E-state index is 13.1.